The minimum Gasteiger partial charge on any atom is -0.497 e. The predicted molar refractivity (Wildman–Crippen MR) is 87.7 cm³/mol. The van der Waals surface area contributed by atoms with Crippen LogP contribution in [0.25, 0.3) is 0 Å². The van der Waals surface area contributed by atoms with E-state index in [1.165, 1.54) is 19.2 Å². The van der Waals surface area contributed by atoms with Crippen molar-refractivity contribution < 1.29 is 31.1 Å². The topological polar surface area (TPSA) is 24.5 Å². The largest absolute Gasteiger partial charge is 0.497 e. The molecule has 1 atom stereocenters. The molecular formula is C16H21ClF6N2O. The molecule has 0 spiro atoms. The molecule has 3 nitrogen and oxygen atoms in total. The van der Waals surface area contributed by atoms with Crippen molar-refractivity contribution in [1.29, 1.82) is 0 Å². The van der Waals surface area contributed by atoms with E-state index >= 15 is 0 Å². The van der Waals surface area contributed by atoms with Crippen LogP contribution in [0.4, 0.5) is 26.3 Å². The number of halogens is 7. The van der Waals surface area contributed by atoms with Crippen molar-refractivity contribution in [3.8, 4) is 5.75 Å². The summed E-state index contributed by atoms with van der Waals surface area (Å²) in [5.74, 6) is 0.0194. The Balaban J connectivity index is 0.00000338. The SMILES string of the molecule is COc1ccc([C@H](CCC(F)(F)F)N2CCNCC2)c(C(F)(F)F)c1.Cl. The zero-order valence-electron chi connectivity index (χ0n) is 14.1. The van der Waals surface area contributed by atoms with E-state index in [0.29, 0.717) is 26.2 Å². The minimum absolute atomic E-state index is 0. The molecule has 0 aromatic heterocycles. The maximum absolute atomic E-state index is 13.5. The van der Waals surface area contributed by atoms with Gasteiger partial charge in [0.15, 0.2) is 0 Å². The molecule has 1 N–H and O–H groups in total. The monoisotopic (exact) mass is 406 g/mol. The van der Waals surface area contributed by atoms with Gasteiger partial charge in [-0.3, -0.25) is 4.90 Å². The molecule has 1 fully saturated rings. The van der Waals surface area contributed by atoms with Crippen molar-refractivity contribution in [3.63, 3.8) is 0 Å². The lowest BCUT2D eigenvalue weighted by Crippen LogP contribution is -2.45. The first-order valence-corrected chi connectivity index (χ1v) is 7.88. The van der Waals surface area contributed by atoms with Gasteiger partial charge in [-0.1, -0.05) is 6.07 Å². The summed E-state index contributed by atoms with van der Waals surface area (Å²) in [5.41, 5.74) is -1.09. The third kappa shape index (κ3) is 6.21. The van der Waals surface area contributed by atoms with Crippen molar-refractivity contribution in [2.24, 2.45) is 0 Å². The van der Waals surface area contributed by atoms with Gasteiger partial charge >= 0.3 is 12.4 Å². The number of hydrogen-bond donors (Lipinski definition) is 1. The molecule has 2 rings (SSSR count). The van der Waals surface area contributed by atoms with Crippen LogP contribution in [0.1, 0.15) is 30.0 Å². The lowest BCUT2D eigenvalue weighted by atomic mass is 9.94. The second kappa shape index (κ2) is 9.14. The van der Waals surface area contributed by atoms with Crippen molar-refractivity contribution in [2.45, 2.75) is 31.2 Å². The predicted octanol–water partition coefficient (Wildman–Crippen LogP) is 4.42. The van der Waals surface area contributed by atoms with E-state index in [4.69, 9.17) is 4.74 Å². The number of ether oxygens (including phenoxy) is 1. The molecule has 1 saturated heterocycles. The Morgan fingerprint density at radius 1 is 1.12 bits per heavy atom. The molecule has 1 aliphatic rings. The maximum atomic E-state index is 13.5. The Hall–Kier alpha value is -1.19. The highest BCUT2D eigenvalue weighted by Crippen LogP contribution is 2.41. The number of rotatable bonds is 5. The van der Waals surface area contributed by atoms with Crippen LogP contribution in [0.2, 0.25) is 0 Å². The summed E-state index contributed by atoms with van der Waals surface area (Å²) in [6.45, 7) is 1.84. The van der Waals surface area contributed by atoms with Crippen LogP contribution >= 0.6 is 12.4 Å². The minimum atomic E-state index is -4.67. The molecule has 1 aromatic carbocycles. The van der Waals surface area contributed by atoms with Crippen LogP contribution in [0.15, 0.2) is 18.2 Å². The normalized spacial score (nSPS) is 17.5. The Kier molecular flexibility index (Phi) is 8.04. The lowest BCUT2D eigenvalue weighted by molar-refractivity contribution is -0.141. The average Bonchev–Trinajstić information content (AvgIpc) is 2.54. The van der Waals surface area contributed by atoms with Crippen molar-refractivity contribution in [2.75, 3.05) is 33.3 Å². The first kappa shape index (κ1) is 22.9. The van der Waals surface area contributed by atoms with Gasteiger partial charge in [-0.15, -0.1) is 12.4 Å². The summed E-state index contributed by atoms with van der Waals surface area (Å²) in [6.07, 6.45) is -10.6. The Bertz CT molecular complexity index is 573. The van der Waals surface area contributed by atoms with E-state index in [0.717, 1.165) is 6.07 Å². The third-order valence-corrected chi connectivity index (χ3v) is 4.22. The van der Waals surface area contributed by atoms with Gasteiger partial charge in [0.2, 0.25) is 0 Å². The fraction of sp³-hybridized carbons (Fsp3) is 0.625. The number of nitrogens with one attached hydrogen (secondary N) is 1. The molecule has 0 amide bonds. The molecule has 10 heteroatoms. The highest BCUT2D eigenvalue weighted by molar-refractivity contribution is 5.85. The van der Waals surface area contributed by atoms with Gasteiger partial charge in [0, 0.05) is 38.6 Å². The molecular weight excluding hydrogens is 386 g/mol. The fourth-order valence-electron chi connectivity index (χ4n) is 3.03. The first-order chi connectivity index (χ1) is 11.6. The van der Waals surface area contributed by atoms with Crippen molar-refractivity contribution in [1.82, 2.24) is 10.2 Å². The summed E-state index contributed by atoms with van der Waals surface area (Å²) < 4.78 is 83.3. The number of methoxy groups -OCH3 is 1. The van der Waals surface area contributed by atoms with Gasteiger partial charge in [0.1, 0.15) is 5.75 Å². The van der Waals surface area contributed by atoms with Crippen LogP contribution in [0.5, 0.6) is 5.75 Å². The molecule has 150 valence electrons. The van der Waals surface area contributed by atoms with Crippen LogP contribution in [0.3, 0.4) is 0 Å². The highest BCUT2D eigenvalue weighted by atomic mass is 35.5. The second-order valence-corrected chi connectivity index (χ2v) is 5.91. The van der Waals surface area contributed by atoms with Gasteiger partial charge in [0.05, 0.1) is 12.7 Å². The van der Waals surface area contributed by atoms with Crippen LogP contribution in [-0.4, -0.2) is 44.4 Å². The van der Waals surface area contributed by atoms with Crippen LogP contribution in [0, 0.1) is 0 Å². The molecule has 0 bridgehead atoms. The number of benzene rings is 1. The van der Waals surface area contributed by atoms with E-state index < -0.39 is 36.8 Å². The summed E-state index contributed by atoms with van der Waals surface area (Å²) in [5, 5.41) is 3.05. The molecule has 1 aliphatic heterocycles. The molecule has 0 unspecified atom stereocenters. The van der Waals surface area contributed by atoms with Gasteiger partial charge in [-0.2, -0.15) is 26.3 Å². The smallest absolute Gasteiger partial charge is 0.416 e. The van der Waals surface area contributed by atoms with Crippen molar-refractivity contribution in [3.05, 3.63) is 29.3 Å². The molecule has 0 aliphatic carbocycles. The molecule has 0 saturated carbocycles. The number of piperazine rings is 1. The van der Waals surface area contributed by atoms with Crippen molar-refractivity contribution >= 4 is 12.4 Å². The van der Waals surface area contributed by atoms with Gasteiger partial charge in [-0.05, 0) is 24.1 Å². The zero-order valence-corrected chi connectivity index (χ0v) is 14.9. The van der Waals surface area contributed by atoms with Crippen LogP contribution in [-0.2, 0) is 6.18 Å². The number of hydrogen-bond acceptors (Lipinski definition) is 3. The van der Waals surface area contributed by atoms with Gasteiger partial charge in [0.25, 0.3) is 0 Å². The van der Waals surface area contributed by atoms with E-state index in [2.05, 4.69) is 5.32 Å². The van der Waals surface area contributed by atoms with E-state index in [9.17, 15) is 26.3 Å². The Morgan fingerprint density at radius 2 is 1.73 bits per heavy atom. The second-order valence-electron chi connectivity index (χ2n) is 5.91. The molecule has 26 heavy (non-hydrogen) atoms. The van der Waals surface area contributed by atoms with Gasteiger partial charge < -0.3 is 10.1 Å². The fourth-order valence-corrected chi connectivity index (χ4v) is 3.03. The Labute approximate surface area is 154 Å². The summed E-state index contributed by atoms with van der Waals surface area (Å²) in [7, 11) is 1.24. The number of nitrogens with zero attached hydrogens (tertiary/aromatic N) is 1. The lowest BCUT2D eigenvalue weighted by Gasteiger charge is -2.36. The highest BCUT2D eigenvalue weighted by Gasteiger charge is 2.38. The van der Waals surface area contributed by atoms with E-state index in [1.807, 2.05) is 0 Å². The van der Waals surface area contributed by atoms with E-state index in [-0.39, 0.29) is 23.7 Å². The standard InChI is InChI=1S/C16H20F6N2O.ClH/c1-25-11-2-3-12(13(10-11)16(20,21)22)14(4-5-15(17,18)19)24-8-6-23-7-9-24;/h2-3,10,14,23H,4-9H2,1H3;1H/t14-;/m0./s1. The van der Waals surface area contributed by atoms with E-state index in [1.54, 1.807) is 4.90 Å². The average molecular weight is 407 g/mol. The molecule has 0 radical (unpaired) electrons. The maximum Gasteiger partial charge on any atom is 0.416 e. The third-order valence-electron chi connectivity index (χ3n) is 4.22. The van der Waals surface area contributed by atoms with Crippen LogP contribution < -0.4 is 10.1 Å². The molecule has 1 heterocycles. The van der Waals surface area contributed by atoms with Gasteiger partial charge in [-0.25, -0.2) is 0 Å². The summed E-state index contributed by atoms with van der Waals surface area (Å²) in [4.78, 5) is 1.68. The quantitative estimate of drug-likeness (QED) is 0.732. The summed E-state index contributed by atoms with van der Waals surface area (Å²) >= 11 is 0. The summed E-state index contributed by atoms with van der Waals surface area (Å²) in [6, 6.07) is 2.47. The number of alkyl halides is 6. The Morgan fingerprint density at radius 3 is 2.23 bits per heavy atom. The zero-order chi connectivity index (χ0) is 18.7. The molecule has 1 aromatic rings. The first-order valence-electron chi connectivity index (χ1n) is 7.88.